The molecule has 1 unspecified atom stereocenters. The SMILES string of the molecule is COCCOCCOCCC(CO)NC(C)C. The average Bonchev–Trinajstić information content (AvgIpc) is 2.30. The van der Waals surface area contributed by atoms with Crippen molar-refractivity contribution in [2.45, 2.75) is 32.4 Å². The molecule has 0 radical (unpaired) electrons. The Kier molecular flexibility index (Phi) is 12.1. The lowest BCUT2D eigenvalue weighted by atomic mass is 10.2. The van der Waals surface area contributed by atoms with Crippen LogP contribution in [-0.2, 0) is 14.2 Å². The van der Waals surface area contributed by atoms with E-state index in [1.165, 1.54) is 0 Å². The third-order valence-corrected chi connectivity index (χ3v) is 2.20. The fourth-order valence-corrected chi connectivity index (χ4v) is 1.39. The Labute approximate surface area is 104 Å². The monoisotopic (exact) mass is 249 g/mol. The van der Waals surface area contributed by atoms with E-state index in [2.05, 4.69) is 19.2 Å². The first-order valence-electron chi connectivity index (χ1n) is 6.22. The number of hydrogen-bond acceptors (Lipinski definition) is 5. The van der Waals surface area contributed by atoms with Crippen molar-refractivity contribution in [3.8, 4) is 0 Å². The second kappa shape index (κ2) is 12.3. The van der Waals surface area contributed by atoms with E-state index in [1.807, 2.05) is 0 Å². The van der Waals surface area contributed by atoms with Crippen LogP contribution in [0.3, 0.4) is 0 Å². The van der Waals surface area contributed by atoms with Gasteiger partial charge in [-0.1, -0.05) is 13.8 Å². The van der Waals surface area contributed by atoms with Crippen LogP contribution in [0.1, 0.15) is 20.3 Å². The minimum absolute atomic E-state index is 0.115. The highest BCUT2D eigenvalue weighted by Gasteiger charge is 2.07. The molecule has 0 aliphatic rings. The van der Waals surface area contributed by atoms with Gasteiger partial charge in [0.05, 0.1) is 33.0 Å². The van der Waals surface area contributed by atoms with Gasteiger partial charge in [0.25, 0.3) is 0 Å². The molecule has 0 saturated heterocycles. The summed E-state index contributed by atoms with van der Waals surface area (Å²) in [6.07, 6.45) is 0.812. The first kappa shape index (κ1) is 16.8. The summed E-state index contributed by atoms with van der Waals surface area (Å²) in [4.78, 5) is 0. The van der Waals surface area contributed by atoms with Crippen LogP contribution in [0.4, 0.5) is 0 Å². The van der Waals surface area contributed by atoms with Crippen LogP contribution < -0.4 is 5.32 Å². The molecule has 17 heavy (non-hydrogen) atoms. The van der Waals surface area contributed by atoms with Gasteiger partial charge in [0.2, 0.25) is 0 Å². The molecule has 2 N–H and O–H groups in total. The van der Waals surface area contributed by atoms with E-state index >= 15 is 0 Å². The fraction of sp³-hybridized carbons (Fsp3) is 1.00. The molecular weight excluding hydrogens is 222 g/mol. The Morgan fingerprint density at radius 1 is 1.00 bits per heavy atom. The summed E-state index contributed by atoms with van der Waals surface area (Å²) in [7, 11) is 1.65. The average molecular weight is 249 g/mol. The Morgan fingerprint density at radius 2 is 1.59 bits per heavy atom. The maximum absolute atomic E-state index is 9.12. The lowest BCUT2D eigenvalue weighted by Crippen LogP contribution is -2.38. The van der Waals surface area contributed by atoms with Crippen LogP contribution in [0.25, 0.3) is 0 Å². The number of aliphatic hydroxyl groups is 1. The van der Waals surface area contributed by atoms with Crippen molar-refractivity contribution in [2.75, 3.05) is 46.8 Å². The van der Waals surface area contributed by atoms with Gasteiger partial charge in [-0.3, -0.25) is 0 Å². The zero-order valence-corrected chi connectivity index (χ0v) is 11.3. The Hall–Kier alpha value is -0.200. The molecule has 0 aromatic rings. The zero-order chi connectivity index (χ0) is 12.9. The molecule has 0 saturated carbocycles. The summed E-state index contributed by atoms with van der Waals surface area (Å²) in [5.41, 5.74) is 0. The molecule has 0 fully saturated rings. The standard InChI is InChI=1S/C12H27NO4/c1-11(2)13-12(10-14)4-5-16-8-9-17-7-6-15-3/h11-14H,4-10H2,1-3H3. The highest BCUT2D eigenvalue weighted by atomic mass is 16.5. The number of rotatable bonds is 12. The molecule has 0 bridgehead atoms. The predicted octanol–water partition coefficient (Wildman–Crippen LogP) is 0.415. The molecule has 1 atom stereocenters. The number of ether oxygens (including phenoxy) is 3. The highest BCUT2D eigenvalue weighted by molar-refractivity contribution is 4.67. The predicted molar refractivity (Wildman–Crippen MR) is 67.3 cm³/mol. The molecule has 0 heterocycles. The fourth-order valence-electron chi connectivity index (χ4n) is 1.39. The summed E-state index contributed by atoms with van der Waals surface area (Å²) >= 11 is 0. The minimum atomic E-state index is 0.115. The van der Waals surface area contributed by atoms with E-state index in [1.54, 1.807) is 7.11 Å². The van der Waals surface area contributed by atoms with Crippen molar-refractivity contribution in [1.29, 1.82) is 0 Å². The molecule has 0 aliphatic carbocycles. The number of nitrogens with one attached hydrogen (secondary N) is 1. The van der Waals surface area contributed by atoms with Crippen LogP contribution in [0.2, 0.25) is 0 Å². The molecule has 5 heteroatoms. The van der Waals surface area contributed by atoms with E-state index in [-0.39, 0.29) is 12.6 Å². The second-order valence-corrected chi connectivity index (χ2v) is 4.21. The van der Waals surface area contributed by atoms with Gasteiger partial charge in [0, 0.05) is 25.8 Å². The maximum atomic E-state index is 9.12. The first-order chi connectivity index (χ1) is 8.20. The van der Waals surface area contributed by atoms with Crippen molar-refractivity contribution in [3.63, 3.8) is 0 Å². The Balaban J connectivity index is 3.25. The third kappa shape index (κ3) is 12.1. The summed E-state index contributed by atoms with van der Waals surface area (Å²) < 4.78 is 15.5. The van der Waals surface area contributed by atoms with Gasteiger partial charge in [0.1, 0.15) is 0 Å². The molecule has 5 nitrogen and oxygen atoms in total. The van der Waals surface area contributed by atoms with E-state index in [0.717, 1.165) is 6.42 Å². The van der Waals surface area contributed by atoms with Crippen LogP contribution in [0, 0.1) is 0 Å². The van der Waals surface area contributed by atoms with Crippen LogP contribution in [-0.4, -0.2) is 63.9 Å². The van der Waals surface area contributed by atoms with E-state index in [9.17, 15) is 0 Å². The van der Waals surface area contributed by atoms with Gasteiger partial charge in [-0.15, -0.1) is 0 Å². The van der Waals surface area contributed by atoms with Crippen molar-refractivity contribution in [1.82, 2.24) is 5.32 Å². The van der Waals surface area contributed by atoms with Crippen molar-refractivity contribution in [3.05, 3.63) is 0 Å². The van der Waals surface area contributed by atoms with Gasteiger partial charge >= 0.3 is 0 Å². The maximum Gasteiger partial charge on any atom is 0.0701 e. The lowest BCUT2D eigenvalue weighted by molar-refractivity contribution is 0.0214. The molecule has 104 valence electrons. The van der Waals surface area contributed by atoms with E-state index in [4.69, 9.17) is 19.3 Å². The van der Waals surface area contributed by atoms with Gasteiger partial charge in [-0.25, -0.2) is 0 Å². The second-order valence-electron chi connectivity index (χ2n) is 4.21. The number of hydrogen-bond donors (Lipinski definition) is 2. The van der Waals surface area contributed by atoms with Gasteiger partial charge < -0.3 is 24.6 Å². The summed E-state index contributed by atoms with van der Waals surface area (Å²) in [5.74, 6) is 0. The number of aliphatic hydroxyl groups excluding tert-OH is 1. The van der Waals surface area contributed by atoms with E-state index < -0.39 is 0 Å². The highest BCUT2D eigenvalue weighted by Crippen LogP contribution is 1.94. The number of methoxy groups -OCH3 is 1. The van der Waals surface area contributed by atoms with Crippen molar-refractivity contribution >= 4 is 0 Å². The summed E-state index contributed by atoms with van der Waals surface area (Å²) in [6.45, 7) is 7.30. The molecule has 0 spiro atoms. The summed E-state index contributed by atoms with van der Waals surface area (Å²) in [5, 5.41) is 12.4. The topological polar surface area (TPSA) is 60.0 Å². The van der Waals surface area contributed by atoms with Crippen molar-refractivity contribution < 1.29 is 19.3 Å². The lowest BCUT2D eigenvalue weighted by Gasteiger charge is -2.18. The van der Waals surface area contributed by atoms with Crippen LogP contribution >= 0.6 is 0 Å². The molecule has 0 rings (SSSR count). The molecule has 0 aliphatic heterocycles. The molecular formula is C12H27NO4. The van der Waals surface area contributed by atoms with Gasteiger partial charge in [0.15, 0.2) is 0 Å². The summed E-state index contributed by atoms with van der Waals surface area (Å²) in [6, 6.07) is 0.494. The van der Waals surface area contributed by atoms with E-state index in [0.29, 0.717) is 39.1 Å². The molecule has 0 amide bonds. The normalized spacial score (nSPS) is 13.2. The third-order valence-electron chi connectivity index (χ3n) is 2.20. The quantitative estimate of drug-likeness (QED) is 0.491. The Morgan fingerprint density at radius 3 is 2.12 bits per heavy atom. The smallest absolute Gasteiger partial charge is 0.0701 e. The Bertz CT molecular complexity index is 155. The largest absolute Gasteiger partial charge is 0.395 e. The van der Waals surface area contributed by atoms with Crippen LogP contribution in [0.15, 0.2) is 0 Å². The van der Waals surface area contributed by atoms with Gasteiger partial charge in [-0.2, -0.15) is 0 Å². The minimum Gasteiger partial charge on any atom is -0.395 e. The zero-order valence-electron chi connectivity index (χ0n) is 11.3. The first-order valence-corrected chi connectivity index (χ1v) is 6.22. The molecule has 0 aromatic heterocycles. The van der Waals surface area contributed by atoms with Crippen molar-refractivity contribution in [2.24, 2.45) is 0 Å². The van der Waals surface area contributed by atoms with Gasteiger partial charge in [-0.05, 0) is 6.42 Å². The van der Waals surface area contributed by atoms with Crippen LogP contribution in [0.5, 0.6) is 0 Å². The molecule has 0 aromatic carbocycles.